The SMILES string of the molecule is COc1cc(N)ccc1SC(C)C(C)C(=O)NN. The van der Waals surface area contributed by atoms with Crippen LogP contribution in [0.2, 0.25) is 0 Å². The molecule has 0 spiro atoms. The lowest BCUT2D eigenvalue weighted by Gasteiger charge is -2.19. The van der Waals surface area contributed by atoms with Crippen molar-refractivity contribution < 1.29 is 9.53 Å². The van der Waals surface area contributed by atoms with Crippen molar-refractivity contribution >= 4 is 23.4 Å². The van der Waals surface area contributed by atoms with Gasteiger partial charge in [-0.25, -0.2) is 5.84 Å². The first-order valence-electron chi connectivity index (χ1n) is 5.60. The van der Waals surface area contributed by atoms with Gasteiger partial charge in [0, 0.05) is 27.8 Å². The monoisotopic (exact) mass is 269 g/mol. The van der Waals surface area contributed by atoms with Crippen molar-refractivity contribution in [3.8, 4) is 5.75 Å². The Morgan fingerprint density at radius 1 is 1.44 bits per heavy atom. The van der Waals surface area contributed by atoms with Crippen LogP contribution >= 0.6 is 11.8 Å². The van der Waals surface area contributed by atoms with Crippen molar-refractivity contribution in [1.82, 2.24) is 5.43 Å². The molecule has 6 heteroatoms. The smallest absolute Gasteiger partial charge is 0.237 e. The van der Waals surface area contributed by atoms with Crippen LogP contribution in [0.4, 0.5) is 5.69 Å². The summed E-state index contributed by atoms with van der Waals surface area (Å²) in [7, 11) is 1.60. The molecule has 0 aromatic heterocycles. The highest BCUT2D eigenvalue weighted by atomic mass is 32.2. The van der Waals surface area contributed by atoms with E-state index >= 15 is 0 Å². The van der Waals surface area contributed by atoms with Crippen molar-refractivity contribution in [2.75, 3.05) is 12.8 Å². The molecule has 18 heavy (non-hydrogen) atoms. The number of anilines is 1. The van der Waals surface area contributed by atoms with E-state index in [0.29, 0.717) is 11.4 Å². The molecule has 0 aliphatic heterocycles. The number of ether oxygens (including phenoxy) is 1. The van der Waals surface area contributed by atoms with E-state index in [1.807, 2.05) is 26.0 Å². The van der Waals surface area contributed by atoms with Crippen molar-refractivity contribution in [2.24, 2.45) is 11.8 Å². The molecule has 0 aliphatic carbocycles. The Hall–Kier alpha value is -1.40. The maximum Gasteiger partial charge on any atom is 0.237 e. The summed E-state index contributed by atoms with van der Waals surface area (Å²) < 4.78 is 5.27. The average molecular weight is 269 g/mol. The first-order chi connectivity index (χ1) is 8.49. The third-order valence-corrected chi connectivity index (χ3v) is 4.13. The van der Waals surface area contributed by atoms with E-state index in [0.717, 1.165) is 4.90 Å². The molecule has 0 saturated heterocycles. The molecular weight excluding hydrogens is 250 g/mol. The Labute approximate surface area is 111 Å². The minimum absolute atomic E-state index is 0.0751. The van der Waals surface area contributed by atoms with Crippen LogP contribution in [0.15, 0.2) is 23.1 Å². The molecule has 1 rings (SSSR count). The number of carbonyl (C=O) groups is 1. The second kappa shape index (κ2) is 6.51. The Morgan fingerprint density at radius 3 is 2.67 bits per heavy atom. The van der Waals surface area contributed by atoms with Crippen molar-refractivity contribution in [3.63, 3.8) is 0 Å². The lowest BCUT2D eigenvalue weighted by molar-refractivity contribution is -0.124. The number of hydrogen-bond acceptors (Lipinski definition) is 5. The van der Waals surface area contributed by atoms with Gasteiger partial charge in [0.05, 0.1) is 7.11 Å². The van der Waals surface area contributed by atoms with E-state index in [9.17, 15) is 4.79 Å². The number of amides is 1. The largest absolute Gasteiger partial charge is 0.496 e. The van der Waals surface area contributed by atoms with Gasteiger partial charge < -0.3 is 10.5 Å². The maximum absolute atomic E-state index is 11.5. The van der Waals surface area contributed by atoms with Crippen LogP contribution in [0.3, 0.4) is 0 Å². The highest BCUT2D eigenvalue weighted by molar-refractivity contribution is 8.00. The number of rotatable bonds is 5. The fourth-order valence-corrected chi connectivity index (χ4v) is 2.56. The molecule has 0 heterocycles. The lowest BCUT2D eigenvalue weighted by Crippen LogP contribution is -2.38. The Balaban J connectivity index is 2.81. The van der Waals surface area contributed by atoms with Crippen LogP contribution in [0.25, 0.3) is 0 Å². The molecule has 0 saturated carbocycles. The number of methoxy groups -OCH3 is 1. The van der Waals surface area contributed by atoms with E-state index in [4.69, 9.17) is 16.3 Å². The molecule has 2 unspecified atom stereocenters. The molecule has 0 bridgehead atoms. The second-order valence-electron chi connectivity index (χ2n) is 4.03. The number of hydrazine groups is 1. The van der Waals surface area contributed by atoms with Gasteiger partial charge in [0.15, 0.2) is 0 Å². The van der Waals surface area contributed by atoms with E-state index in [1.54, 1.807) is 24.9 Å². The standard InChI is InChI=1S/C12H19N3O2S/c1-7(12(16)15-14)8(2)18-11-5-4-9(13)6-10(11)17-3/h4-8H,13-14H2,1-3H3,(H,15,16). The number of nitrogen functional groups attached to an aromatic ring is 1. The predicted octanol–water partition coefficient (Wildman–Crippen LogP) is 1.38. The Morgan fingerprint density at radius 2 is 2.11 bits per heavy atom. The van der Waals surface area contributed by atoms with E-state index in [1.165, 1.54) is 0 Å². The minimum Gasteiger partial charge on any atom is -0.496 e. The third kappa shape index (κ3) is 3.54. The van der Waals surface area contributed by atoms with E-state index in [2.05, 4.69) is 5.43 Å². The van der Waals surface area contributed by atoms with Gasteiger partial charge in [0.1, 0.15) is 5.75 Å². The van der Waals surface area contributed by atoms with Crippen molar-refractivity contribution in [2.45, 2.75) is 24.0 Å². The fourth-order valence-electron chi connectivity index (χ4n) is 1.43. The molecule has 0 fully saturated rings. The van der Waals surface area contributed by atoms with Gasteiger partial charge in [0.2, 0.25) is 5.91 Å². The van der Waals surface area contributed by atoms with Crippen LogP contribution in [-0.2, 0) is 4.79 Å². The van der Waals surface area contributed by atoms with E-state index < -0.39 is 0 Å². The Kier molecular flexibility index (Phi) is 5.30. The average Bonchev–Trinajstić information content (AvgIpc) is 2.38. The first kappa shape index (κ1) is 14.7. The molecular formula is C12H19N3O2S. The molecule has 0 aliphatic rings. The normalized spacial score (nSPS) is 13.8. The first-order valence-corrected chi connectivity index (χ1v) is 6.48. The summed E-state index contributed by atoms with van der Waals surface area (Å²) in [5, 5.41) is 0.0751. The zero-order valence-electron chi connectivity index (χ0n) is 10.8. The number of thioether (sulfide) groups is 1. The van der Waals surface area contributed by atoms with Gasteiger partial charge in [-0.2, -0.15) is 0 Å². The summed E-state index contributed by atoms with van der Waals surface area (Å²) >= 11 is 1.56. The lowest BCUT2D eigenvalue weighted by atomic mass is 10.1. The number of nitrogens with two attached hydrogens (primary N) is 2. The fraction of sp³-hybridized carbons (Fsp3) is 0.417. The molecule has 1 amide bonds. The minimum atomic E-state index is -0.192. The zero-order chi connectivity index (χ0) is 13.7. The quantitative estimate of drug-likeness (QED) is 0.247. The summed E-state index contributed by atoms with van der Waals surface area (Å²) in [5.74, 6) is 5.48. The van der Waals surface area contributed by atoms with Crippen LogP contribution in [-0.4, -0.2) is 18.3 Å². The zero-order valence-corrected chi connectivity index (χ0v) is 11.6. The maximum atomic E-state index is 11.5. The third-order valence-electron chi connectivity index (χ3n) is 2.76. The highest BCUT2D eigenvalue weighted by Crippen LogP contribution is 2.35. The van der Waals surface area contributed by atoms with Gasteiger partial charge in [0.25, 0.3) is 0 Å². The van der Waals surface area contributed by atoms with Gasteiger partial charge in [-0.1, -0.05) is 13.8 Å². The molecule has 5 N–H and O–H groups in total. The number of benzene rings is 1. The molecule has 1 aromatic rings. The number of hydrogen-bond donors (Lipinski definition) is 3. The molecule has 100 valence electrons. The predicted molar refractivity (Wildman–Crippen MR) is 74.2 cm³/mol. The molecule has 0 radical (unpaired) electrons. The van der Waals surface area contributed by atoms with Crippen LogP contribution in [0, 0.1) is 5.92 Å². The molecule has 5 nitrogen and oxygen atoms in total. The van der Waals surface area contributed by atoms with Crippen LogP contribution in [0.1, 0.15) is 13.8 Å². The second-order valence-corrected chi connectivity index (χ2v) is 5.45. The van der Waals surface area contributed by atoms with E-state index in [-0.39, 0.29) is 17.1 Å². The van der Waals surface area contributed by atoms with Crippen molar-refractivity contribution in [3.05, 3.63) is 18.2 Å². The summed E-state index contributed by atoms with van der Waals surface area (Å²) in [6.45, 7) is 3.81. The number of carbonyl (C=O) groups excluding carboxylic acids is 1. The van der Waals surface area contributed by atoms with Crippen LogP contribution in [0.5, 0.6) is 5.75 Å². The van der Waals surface area contributed by atoms with Crippen molar-refractivity contribution in [1.29, 1.82) is 0 Å². The highest BCUT2D eigenvalue weighted by Gasteiger charge is 2.21. The van der Waals surface area contributed by atoms with Gasteiger partial charge >= 0.3 is 0 Å². The van der Waals surface area contributed by atoms with Gasteiger partial charge in [-0.05, 0) is 12.1 Å². The Bertz CT molecular complexity index is 426. The van der Waals surface area contributed by atoms with Gasteiger partial charge in [-0.15, -0.1) is 11.8 Å². The molecule has 2 atom stereocenters. The summed E-state index contributed by atoms with van der Waals surface area (Å²) in [6, 6.07) is 5.47. The van der Waals surface area contributed by atoms with Gasteiger partial charge in [-0.3, -0.25) is 10.2 Å². The summed E-state index contributed by atoms with van der Waals surface area (Å²) in [6.07, 6.45) is 0. The topological polar surface area (TPSA) is 90.4 Å². The molecule has 1 aromatic carbocycles. The number of nitrogens with one attached hydrogen (secondary N) is 1. The summed E-state index contributed by atoms with van der Waals surface area (Å²) in [4.78, 5) is 12.4. The van der Waals surface area contributed by atoms with Crippen LogP contribution < -0.4 is 21.7 Å². The summed E-state index contributed by atoms with van der Waals surface area (Å²) in [5.41, 5.74) is 8.51.